The molecule has 0 spiro atoms. The lowest BCUT2D eigenvalue weighted by atomic mass is 10.0. The summed E-state index contributed by atoms with van der Waals surface area (Å²) in [6, 6.07) is 3.45. The molecule has 1 aromatic rings. The van der Waals surface area contributed by atoms with Crippen LogP contribution in [0.25, 0.3) is 0 Å². The number of benzene rings is 1. The van der Waals surface area contributed by atoms with E-state index in [9.17, 15) is 8.78 Å². The second-order valence-electron chi connectivity index (χ2n) is 3.48. The maximum Gasteiger partial charge on any atom is 0.131 e. The molecule has 2 unspecified atom stereocenters. The first kappa shape index (κ1) is 9.55. The third kappa shape index (κ3) is 1.76. The maximum absolute atomic E-state index is 13.3. The Morgan fingerprint density at radius 2 is 2.14 bits per heavy atom. The average molecular weight is 199 g/mol. The van der Waals surface area contributed by atoms with E-state index < -0.39 is 11.6 Å². The zero-order valence-electron chi connectivity index (χ0n) is 7.54. The zero-order valence-corrected chi connectivity index (χ0v) is 7.54. The molecule has 4 heteroatoms. The highest BCUT2D eigenvalue weighted by atomic mass is 19.1. The smallest absolute Gasteiger partial charge is 0.131 e. The summed E-state index contributed by atoms with van der Waals surface area (Å²) in [4.78, 5) is 0. The monoisotopic (exact) mass is 199 g/mol. The second kappa shape index (κ2) is 3.63. The molecule has 0 saturated carbocycles. The van der Waals surface area contributed by atoms with Gasteiger partial charge in [-0.1, -0.05) is 6.07 Å². The summed E-state index contributed by atoms with van der Waals surface area (Å²) < 4.78 is 31.2. The maximum atomic E-state index is 13.3. The standard InChI is InChI=1S/C10H11F2NO/c11-6-1-2-8(9(12)3-6)10-4-7(13)5-14-10/h1-3,7,10H,4-5,13H2. The molecule has 76 valence electrons. The van der Waals surface area contributed by atoms with Crippen LogP contribution in [0.2, 0.25) is 0 Å². The molecule has 1 aromatic carbocycles. The van der Waals surface area contributed by atoms with Crippen molar-refractivity contribution in [3.05, 3.63) is 35.4 Å². The predicted molar refractivity (Wildman–Crippen MR) is 47.6 cm³/mol. The van der Waals surface area contributed by atoms with Gasteiger partial charge in [0.25, 0.3) is 0 Å². The van der Waals surface area contributed by atoms with Gasteiger partial charge in [0.15, 0.2) is 0 Å². The van der Waals surface area contributed by atoms with E-state index in [2.05, 4.69) is 0 Å². The van der Waals surface area contributed by atoms with Crippen LogP contribution in [0.4, 0.5) is 8.78 Å². The van der Waals surface area contributed by atoms with Crippen LogP contribution in [-0.2, 0) is 4.74 Å². The molecule has 2 nitrogen and oxygen atoms in total. The molecule has 0 amide bonds. The van der Waals surface area contributed by atoms with Gasteiger partial charge in [0.2, 0.25) is 0 Å². The number of ether oxygens (including phenoxy) is 1. The molecular formula is C10H11F2NO. The Hall–Kier alpha value is -1.00. The largest absolute Gasteiger partial charge is 0.372 e. The third-order valence-electron chi connectivity index (χ3n) is 2.34. The van der Waals surface area contributed by atoms with Gasteiger partial charge in [-0.25, -0.2) is 8.78 Å². The Bertz CT molecular complexity index is 343. The Balaban J connectivity index is 2.24. The number of rotatable bonds is 1. The van der Waals surface area contributed by atoms with Gasteiger partial charge >= 0.3 is 0 Å². The summed E-state index contributed by atoms with van der Waals surface area (Å²) in [5, 5.41) is 0. The molecule has 0 radical (unpaired) electrons. The average Bonchev–Trinajstić information content (AvgIpc) is 2.51. The number of hydrogen-bond donors (Lipinski definition) is 1. The topological polar surface area (TPSA) is 35.2 Å². The quantitative estimate of drug-likeness (QED) is 0.747. The summed E-state index contributed by atoms with van der Waals surface area (Å²) in [5.41, 5.74) is 6.01. The van der Waals surface area contributed by atoms with Gasteiger partial charge in [-0.05, 0) is 12.5 Å². The van der Waals surface area contributed by atoms with Crippen molar-refractivity contribution >= 4 is 0 Å². The lowest BCUT2D eigenvalue weighted by Crippen LogP contribution is -2.18. The molecule has 1 heterocycles. The third-order valence-corrected chi connectivity index (χ3v) is 2.34. The molecule has 1 aliphatic heterocycles. The number of hydrogen-bond acceptors (Lipinski definition) is 2. The molecule has 0 bridgehead atoms. The Morgan fingerprint density at radius 3 is 2.71 bits per heavy atom. The van der Waals surface area contributed by atoms with Crippen LogP contribution in [0.5, 0.6) is 0 Å². The lowest BCUT2D eigenvalue weighted by Gasteiger charge is -2.10. The van der Waals surface area contributed by atoms with Crippen LogP contribution in [0.15, 0.2) is 18.2 Å². The first-order valence-corrected chi connectivity index (χ1v) is 4.49. The Morgan fingerprint density at radius 1 is 1.36 bits per heavy atom. The molecular weight excluding hydrogens is 188 g/mol. The van der Waals surface area contributed by atoms with Crippen molar-refractivity contribution in [1.82, 2.24) is 0 Å². The summed E-state index contributed by atoms with van der Waals surface area (Å²) in [7, 11) is 0. The lowest BCUT2D eigenvalue weighted by molar-refractivity contribution is 0.107. The summed E-state index contributed by atoms with van der Waals surface area (Å²) in [6.07, 6.45) is 0.258. The van der Waals surface area contributed by atoms with Crippen molar-refractivity contribution in [3.63, 3.8) is 0 Å². The summed E-state index contributed by atoms with van der Waals surface area (Å²) >= 11 is 0. The minimum Gasteiger partial charge on any atom is -0.372 e. The van der Waals surface area contributed by atoms with E-state index in [0.29, 0.717) is 18.6 Å². The van der Waals surface area contributed by atoms with Crippen molar-refractivity contribution < 1.29 is 13.5 Å². The minimum atomic E-state index is -0.575. The highest BCUT2D eigenvalue weighted by Crippen LogP contribution is 2.29. The fraction of sp³-hybridized carbons (Fsp3) is 0.400. The van der Waals surface area contributed by atoms with Crippen LogP contribution >= 0.6 is 0 Å². The molecule has 2 rings (SSSR count). The van der Waals surface area contributed by atoms with E-state index in [1.807, 2.05) is 0 Å². The fourth-order valence-corrected chi connectivity index (χ4v) is 1.63. The summed E-state index contributed by atoms with van der Waals surface area (Å²) in [6.45, 7) is 0.432. The van der Waals surface area contributed by atoms with E-state index in [0.717, 1.165) is 6.07 Å². The fourth-order valence-electron chi connectivity index (χ4n) is 1.63. The van der Waals surface area contributed by atoms with E-state index >= 15 is 0 Å². The van der Waals surface area contributed by atoms with Gasteiger partial charge in [-0.15, -0.1) is 0 Å². The zero-order chi connectivity index (χ0) is 10.1. The molecule has 1 aliphatic rings. The molecule has 1 saturated heterocycles. The minimum absolute atomic E-state index is 0.0514. The van der Waals surface area contributed by atoms with E-state index in [1.165, 1.54) is 12.1 Å². The second-order valence-corrected chi connectivity index (χ2v) is 3.48. The van der Waals surface area contributed by atoms with Gasteiger partial charge in [0.1, 0.15) is 11.6 Å². The molecule has 1 fully saturated rings. The highest BCUT2D eigenvalue weighted by Gasteiger charge is 2.26. The van der Waals surface area contributed by atoms with Crippen LogP contribution in [-0.4, -0.2) is 12.6 Å². The van der Waals surface area contributed by atoms with E-state index in [4.69, 9.17) is 10.5 Å². The molecule has 0 aromatic heterocycles. The Kier molecular flexibility index (Phi) is 2.48. The van der Waals surface area contributed by atoms with Crippen molar-refractivity contribution in [2.75, 3.05) is 6.61 Å². The molecule has 2 N–H and O–H groups in total. The number of nitrogens with two attached hydrogens (primary N) is 1. The van der Waals surface area contributed by atoms with Crippen molar-refractivity contribution in [3.8, 4) is 0 Å². The van der Waals surface area contributed by atoms with E-state index in [1.54, 1.807) is 0 Å². The van der Waals surface area contributed by atoms with Crippen molar-refractivity contribution in [1.29, 1.82) is 0 Å². The van der Waals surface area contributed by atoms with Crippen molar-refractivity contribution in [2.45, 2.75) is 18.6 Å². The first-order chi connectivity index (χ1) is 6.66. The number of halogens is 2. The van der Waals surface area contributed by atoms with Gasteiger partial charge < -0.3 is 10.5 Å². The van der Waals surface area contributed by atoms with E-state index in [-0.39, 0.29) is 12.1 Å². The van der Waals surface area contributed by atoms with Crippen LogP contribution in [0.1, 0.15) is 18.1 Å². The van der Waals surface area contributed by atoms with Gasteiger partial charge in [0.05, 0.1) is 12.7 Å². The predicted octanol–water partition coefficient (Wildman–Crippen LogP) is 1.75. The van der Waals surface area contributed by atoms with Crippen LogP contribution in [0, 0.1) is 11.6 Å². The van der Waals surface area contributed by atoms with Crippen LogP contribution in [0.3, 0.4) is 0 Å². The van der Waals surface area contributed by atoms with Gasteiger partial charge in [-0.2, -0.15) is 0 Å². The molecule has 0 aliphatic carbocycles. The molecule has 14 heavy (non-hydrogen) atoms. The SMILES string of the molecule is NC1COC(c2ccc(F)cc2F)C1. The normalized spacial score (nSPS) is 26.8. The van der Waals surface area contributed by atoms with Gasteiger partial charge in [0, 0.05) is 17.7 Å². The molecule has 2 atom stereocenters. The first-order valence-electron chi connectivity index (χ1n) is 4.49. The van der Waals surface area contributed by atoms with Crippen molar-refractivity contribution in [2.24, 2.45) is 5.73 Å². The summed E-state index contributed by atoms with van der Waals surface area (Å²) in [5.74, 6) is -1.14. The van der Waals surface area contributed by atoms with Crippen LogP contribution < -0.4 is 5.73 Å². The van der Waals surface area contributed by atoms with Gasteiger partial charge in [-0.3, -0.25) is 0 Å². The Labute approximate surface area is 80.7 Å². The highest BCUT2D eigenvalue weighted by molar-refractivity contribution is 5.22.